The molecule has 1 aromatic heterocycles. The van der Waals surface area contributed by atoms with Gasteiger partial charge < -0.3 is 15.8 Å². The third-order valence-electron chi connectivity index (χ3n) is 1.89. The second kappa shape index (κ2) is 4.48. The lowest BCUT2D eigenvalue weighted by Gasteiger charge is -2.07. The van der Waals surface area contributed by atoms with Crippen LogP contribution in [0.1, 0.15) is 17.6 Å². The van der Waals surface area contributed by atoms with Crippen molar-refractivity contribution in [1.82, 2.24) is 4.98 Å². The Morgan fingerprint density at radius 3 is 2.75 bits per heavy atom. The molecule has 0 aliphatic carbocycles. The molecule has 84 valence electrons. The van der Waals surface area contributed by atoms with Gasteiger partial charge in [0.15, 0.2) is 6.20 Å². The third-order valence-corrected chi connectivity index (χ3v) is 1.89. The molecule has 0 bridgehead atoms. The normalized spacial score (nSPS) is 10.1. The number of aromatic nitrogens is 1. The van der Waals surface area contributed by atoms with E-state index in [-0.39, 0.29) is 11.3 Å². The predicted molar refractivity (Wildman–Crippen MR) is 49.6 cm³/mol. The van der Waals surface area contributed by atoms with Crippen molar-refractivity contribution < 1.29 is 13.7 Å². The fraction of sp³-hybridized carbons (Fsp3) is 0.250. The maximum Gasteiger partial charge on any atom is 0.372 e. The summed E-state index contributed by atoms with van der Waals surface area (Å²) in [6.07, 6.45) is -2.62. The number of rotatable bonds is 3. The van der Waals surface area contributed by atoms with Gasteiger partial charge in [-0.15, -0.1) is 0 Å². The van der Waals surface area contributed by atoms with E-state index in [4.69, 9.17) is 11.0 Å². The molecule has 1 rings (SSSR count). The van der Waals surface area contributed by atoms with Gasteiger partial charge in [0.25, 0.3) is 6.43 Å². The molecule has 0 unspecified atom stereocenters. The minimum atomic E-state index is -3.10. The summed E-state index contributed by atoms with van der Waals surface area (Å²) in [5.74, 6) is -0.963. The van der Waals surface area contributed by atoms with Gasteiger partial charge in [0.05, 0.1) is 18.2 Å². The summed E-state index contributed by atoms with van der Waals surface area (Å²) in [6, 6.07) is 1.62. The van der Waals surface area contributed by atoms with Crippen LogP contribution in [-0.2, 0) is 6.42 Å². The molecule has 8 heteroatoms. The van der Waals surface area contributed by atoms with E-state index in [0.29, 0.717) is 0 Å². The van der Waals surface area contributed by atoms with Gasteiger partial charge in [-0.2, -0.15) is 5.26 Å². The smallest absolute Gasteiger partial charge is 0.372 e. The van der Waals surface area contributed by atoms with E-state index < -0.39 is 29.2 Å². The molecule has 16 heavy (non-hydrogen) atoms. The van der Waals surface area contributed by atoms with Crippen LogP contribution in [0.2, 0.25) is 0 Å². The summed E-state index contributed by atoms with van der Waals surface area (Å²) in [7, 11) is 0. The first-order chi connectivity index (χ1) is 7.49. The number of nitro groups is 1. The van der Waals surface area contributed by atoms with Crippen molar-refractivity contribution in [3.63, 3.8) is 0 Å². The zero-order valence-electron chi connectivity index (χ0n) is 7.85. The van der Waals surface area contributed by atoms with Crippen molar-refractivity contribution in [3.05, 3.63) is 27.4 Å². The summed E-state index contributed by atoms with van der Waals surface area (Å²) in [5.41, 5.74) is 4.07. The van der Waals surface area contributed by atoms with Crippen LogP contribution in [-0.4, -0.2) is 9.91 Å². The number of hydrogen-bond donors (Lipinski definition) is 1. The number of nitriles is 1. The number of nitrogens with zero attached hydrogens (tertiary/aromatic N) is 3. The summed E-state index contributed by atoms with van der Waals surface area (Å²) in [6.45, 7) is 0. The molecule has 0 atom stereocenters. The van der Waals surface area contributed by atoms with Crippen LogP contribution in [0.4, 0.5) is 20.3 Å². The van der Waals surface area contributed by atoms with Crippen LogP contribution < -0.4 is 5.73 Å². The van der Waals surface area contributed by atoms with Crippen LogP contribution in [0, 0.1) is 21.4 Å². The van der Waals surface area contributed by atoms with E-state index in [9.17, 15) is 18.9 Å². The Bertz CT molecular complexity index is 470. The minimum Gasteiger partial charge on any atom is -0.395 e. The SMILES string of the molecule is N#CCc1c(N)cnc([N+](=O)[O-])c1C(F)F. The molecule has 1 aromatic rings. The molecule has 2 N–H and O–H groups in total. The first-order valence-corrected chi connectivity index (χ1v) is 4.05. The van der Waals surface area contributed by atoms with Crippen molar-refractivity contribution in [3.8, 4) is 6.07 Å². The minimum absolute atomic E-state index is 0.151. The summed E-state index contributed by atoms with van der Waals surface area (Å²) < 4.78 is 25.3. The Labute approximate surface area is 88.5 Å². The first kappa shape index (κ1) is 11.8. The van der Waals surface area contributed by atoms with E-state index in [1.807, 2.05) is 0 Å². The molecule has 0 saturated carbocycles. The number of nitrogens with two attached hydrogens (primary N) is 1. The van der Waals surface area contributed by atoms with Crippen LogP contribution >= 0.6 is 0 Å². The molecule has 0 radical (unpaired) electrons. The van der Waals surface area contributed by atoms with Crippen LogP contribution in [0.15, 0.2) is 6.20 Å². The zero-order chi connectivity index (χ0) is 12.3. The van der Waals surface area contributed by atoms with Gasteiger partial charge in [-0.25, -0.2) is 8.78 Å². The average molecular weight is 228 g/mol. The van der Waals surface area contributed by atoms with Crippen molar-refractivity contribution in [1.29, 1.82) is 5.26 Å². The molecule has 0 aliphatic heterocycles. The highest BCUT2D eigenvalue weighted by Gasteiger charge is 2.28. The molecular weight excluding hydrogens is 222 g/mol. The molecule has 0 fully saturated rings. The average Bonchev–Trinajstić information content (AvgIpc) is 2.20. The number of alkyl halides is 2. The summed E-state index contributed by atoms with van der Waals surface area (Å²) in [4.78, 5) is 12.7. The van der Waals surface area contributed by atoms with Crippen molar-refractivity contribution in [2.24, 2.45) is 0 Å². The number of halogens is 2. The Morgan fingerprint density at radius 2 is 2.31 bits per heavy atom. The van der Waals surface area contributed by atoms with Crippen LogP contribution in [0.25, 0.3) is 0 Å². The quantitative estimate of drug-likeness (QED) is 0.624. The zero-order valence-corrected chi connectivity index (χ0v) is 7.85. The Kier molecular flexibility index (Phi) is 3.30. The second-order valence-corrected chi connectivity index (χ2v) is 2.82. The number of anilines is 1. The van der Waals surface area contributed by atoms with Gasteiger partial charge in [-0.3, -0.25) is 0 Å². The highest BCUT2D eigenvalue weighted by molar-refractivity contribution is 5.56. The van der Waals surface area contributed by atoms with Crippen LogP contribution in [0.3, 0.4) is 0 Å². The van der Waals surface area contributed by atoms with Gasteiger partial charge in [0.1, 0.15) is 5.56 Å². The fourth-order valence-electron chi connectivity index (χ4n) is 1.22. The topological polar surface area (TPSA) is 106 Å². The lowest BCUT2D eigenvalue weighted by atomic mass is 10.1. The Morgan fingerprint density at radius 1 is 1.69 bits per heavy atom. The van der Waals surface area contributed by atoms with Crippen LogP contribution in [0.5, 0.6) is 0 Å². The Balaban J connectivity index is 3.51. The molecule has 0 saturated heterocycles. The number of nitrogen functional groups attached to an aromatic ring is 1. The van der Waals surface area contributed by atoms with Crippen molar-refractivity contribution >= 4 is 11.5 Å². The molecule has 6 nitrogen and oxygen atoms in total. The lowest BCUT2D eigenvalue weighted by Crippen LogP contribution is -2.07. The van der Waals surface area contributed by atoms with E-state index in [1.54, 1.807) is 6.07 Å². The van der Waals surface area contributed by atoms with E-state index in [0.717, 1.165) is 6.20 Å². The molecule has 1 heterocycles. The van der Waals surface area contributed by atoms with Gasteiger partial charge in [0.2, 0.25) is 0 Å². The predicted octanol–water partition coefficient (Wildman–Crippen LogP) is 1.58. The Hall–Kier alpha value is -2.30. The maximum absolute atomic E-state index is 12.6. The molecule has 0 aliphatic rings. The largest absolute Gasteiger partial charge is 0.395 e. The van der Waals surface area contributed by atoms with Gasteiger partial charge >= 0.3 is 5.82 Å². The van der Waals surface area contributed by atoms with Gasteiger partial charge in [-0.1, -0.05) is 0 Å². The first-order valence-electron chi connectivity index (χ1n) is 4.05. The molecule has 0 amide bonds. The van der Waals surface area contributed by atoms with E-state index >= 15 is 0 Å². The summed E-state index contributed by atoms with van der Waals surface area (Å²) in [5, 5.41) is 18.9. The highest BCUT2D eigenvalue weighted by Crippen LogP contribution is 2.33. The molecule has 0 aromatic carbocycles. The third kappa shape index (κ3) is 2.03. The fourth-order valence-corrected chi connectivity index (χ4v) is 1.22. The number of hydrogen-bond acceptors (Lipinski definition) is 5. The standard InChI is InChI=1S/C8H6F2N4O2/c9-7(10)6-4(1-2-11)5(12)3-13-8(6)14(15)16/h3,7H,1,12H2. The molecular formula is C8H6F2N4O2. The van der Waals surface area contributed by atoms with Crippen molar-refractivity contribution in [2.75, 3.05) is 5.73 Å². The second-order valence-electron chi connectivity index (χ2n) is 2.82. The highest BCUT2D eigenvalue weighted by atomic mass is 19.3. The van der Waals surface area contributed by atoms with Crippen molar-refractivity contribution in [2.45, 2.75) is 12.8 Å². The maximum atomic E-state index is 12.6. The van der Waals surface area contributed by atoms with Gasteiger partial charge in [0, 0.05) is 5.56 Å². The van der Waals surface area contributed by atoms with E-state index in [2.05, 4.69) is 4.98 Å². The monoisotopic (exact) mass is 228 g/mol. The van der Waals surface area contributed by atoms with Gasteiger partial charge in [-0.05, 0) is 9.91 Å². The lowest BCUT2D eigenvalue weighted by molar-refractivity contribution is -0.391. The van der Waals surface area contributed by atoms with E-state index in [1.165, 1.54) is 0 Å². The number of pyridine rings is 1. The molecule has 0 spiro atoms. The summed E-state index contributed by atoms with van der Waals surface area (Å²) >= 11 is 0.